The van der Waals surface area contributed by atoms with Crippen LogP contribution in [0.25, 0.3) is 33.3 Å². The van der Waals surface area contributed by atoms with Gasteiger partial charge in [-0.3, -0.25) is 23.6 Å². The first-order valence-electron chi connectivity index (χ1n) is 16.6. The Bertz CT molecular complexity index is 2350. The van der Waals surface area contributed by atoms with Crippen LogP contribution in [0.3, 0.4) is 0 Å². The maximum Gasteiger partial charge on any atom is 0.330 e. The van der Waals surface area contributed by atoms with Gasteiger partial charge >= 0.3 is 11.7 Å². The fourth-order valence-corrected chi connectivity index (χ4v) is 7.80. The minimum Gasteiger partial charge on any atom is -0.481 e. The lowest BCUT2D eigenvalue weighted by atomic mass is 10.00. The lowest BCUT2D eigenvalue weighted by molar-refractivity contribution is -0.145. The Morgan fingerprint density at radius 2 is 1.63 bits per heavy atom. The average molecular weight is 752 g/mol. The highest BCUT2D eigenvalue weighted by Crippen LogP contribution is 2.52. The molecular weight excluding hydrogens is 717 g/mol. The Hall–Kier alpha value is -4.85. The first-order valence-corrected chi connectivity index (χ1v) is 17.4. The second-order valence-corrected chi connectivity index (χ2v) is 13.7. The molecule has 2 aromatic carbocycles. The van der Waals surface area contributed by atoms with Crippen molar-refractivity contribution in [3.63, 3.8) is 0 Å². The van der Waals surface area contributed by atoms with Gasteiger partial charge in [-0.15, -0.1) is 0 Å². The van der Waals surface area contributed by atoms with Gasteiger partial charge in [0.1, 0.15) is 16.9 Å². The second kappa shape index (κ2) is 13.9. The van der Waals surface area contributed by atoms with Crippen LogP contribution in [0.15, 0.2) is 64.2 Å². The van der Waals surface area contributed by atoms with E-state index in [0.717, 1.165) is 33.9 Å². The second-order valence-electron chi connectivity index (χ2n) is 12.9. The third-order valence-electron chi connectivity index (χ3n) is 9.87. The van der Waals surface area contributed by atoms with Gasteiger partial charge in [-0.25, -0.2) is 23.5 Å². The number of hydrogen-bond acceptors (Lipinski definition) is 9. The number of pyridine rings is 2. The Morgan fingerprint density at radius 1 is 0.962 bits per heavy atom. The van der Waals surface area contributed by atoms with Crippen molar-refractivity contribution >= 4 is 51.6 Å². The maximum absolute atomic E-state index is 13.9. The highest BCUT2D eigenvalue weighted by Gasteiger charge is 2.60. The number of aryl methyl sites for hydroxylation is 1. The van der Waals surface area contributed by atoms with E-state index in [4.69, 9.17) is 37.7 Å². The molecule has 2 fully saturated rings. The van der Waals surface area contributed by atoms with Crippen LogP contribution in [0.1, 0.15) is 24.6 Å². The Morgan fingerprint density at radius 3 is 2.31 bits per heavy atom. The molecule has 0 bridgehead atoms. The summed E-state index contributed by atoms with van der Waals surface area (Å²) in [7, 11) is 4.26. The number of anilines is 2. The van der Waals surface area contributed by atoms with Crippen LogP contribution < -0.4 is 21.3 Å². The van der Waals surface area contributed by atoms with Gasteiger partial charge in [-0.05, 0) is 37.0 Å². The van der Waals surface area contributed by atoms with Gasteiger partial charge in [0.25, 0.3) is 12.0 Å². The standard InChI is InChI=1S/C37H34Cl2F2N6O5/c1-5-52-36(49)28-22-16-47(17-23(22)28)15-18-12-13-24(44-34(18)51-4)21-10-6-8-19(30(21)38)20-9-7-11-25(31(20)39)42-33-29-27(14-26(43-33)32(40)41)45(2)37(50)46(3)35(29)48/h6-14,22-23,28,32H,5,15-17H2,1-4H3,(H,42,43)/t22-,23+,28?. The molecule has 1 N–H and O–H groups in total. The summed E-state index contributed by atoms with van der Waals surface area (Å²) < 4.78 is 40.7. The Labute approximate surface area is 306 Å². The Balaban J connectivity index is 1.18. The van der Waals surface area contributed by atoms with E-state index in [2.05, 4.69) is 15.2 Å². The van der Waals surface area contributed by atoms with E-state index in [1.807, 2.05) is 31.2 Å². The number of nitrogens with zero attached hydrogens (tertiary/aromatic N) is 5. The summed E-state index contributed by atoms with van der Waals surface area (Å²) in [4.78, 5) is 49.1. The molecule has 1 saturated carbocycles. The fraction of sp³-hybridized carbons (Fsp3) is 0.324. The van der Waals surface area contributed by atoms with Crippen molar-refractivity contribution < 1.29 is 23.0 Å². The van der Waals surface area contributed by atoms with E-state index in [-0.39, 0.29) is 39.3 Å². The number of carbonyl (C=O) groups is 1. The number of rotatable bonds is 10. The van der Waals surface area contributed by atoms with E-state index in [1.165, 1.54) is 14.1 Å². The molecule has 5 aromatic rings. The predicted molar refractivity (Wildman–Crippen MR) is 195 cm³/mol. The van der Waals surface area contributed by atoms with E-state index >= 15 is 0 Å². The molecule has 0 radical (unpaired) electrons. The minimum absolute atomic E-state index is 0.00227. The van der Waals surface area contributed by atoms with Crippen molar-refractivity contribution in [3.8, 4) is 28.3 Å². The van der Waals surface area contributed by atoms with Crippen LogP contribution in [0.2, 0.25) is 10.0 Å². The SMILES string of the molecule is CCOC(=O)C1[C@H]2CN(Cc3ccc(-c4cccc(-c5cccc(Nc6nc(C(F)F)cc7c6c(=O)n(C)c(=O)n7C)c5Cl)c4Cl)nc3OC)C[C@@H]12. The van der Waals surface area contributed by atoms with Gasteiger partial charge in [-0.1, -0.05) is 59.6 Å². The van der Waals surface area contributed by atoms with Crippen LogP contribution in [0, 0.1) is 17.8 Å². The van der Waals surface area contributed by atoms with Gasteiger partial charge in [-0.2, -0.15) is 0 Å². The smallest absolute Gasteiger partial charge is 0.330 e. The van der Waals surface area contributed by atoms with Crippen molar-refractivity contribution in [3.05, 3.63) is 96.7 Å². The molecule has 15 heteroatoms. The van der Waals surface area contributed by atoms with E-state index in [0.29, 0.717) is 58.3 Å². The molecule has 0 spiro atoms. The molecule has 1 aliphatic heterocycles. The van der Waals surface area contributed by atoms with Gasteiger partial charge in [0.2, 0.25) is 5.88 Å². The Kier molecular flexibility index (Phi) is 9.53. The predicted octanol–water partition coefficient (Wildman–Crippen LogP) is 6.60. The zero-order chi connectivity index (χ0) is 37.0. The van der Waals surface area contributed by atoms with Crippen LogP contribution in [-0.4, -0.2) is 56.8 Å². The first kappa shape index (κ1) is 35.5. The molecule has 1 saturated heterocycles. The van der Waals surface area contributed by atoms with Gasteiger partial charge in [0.05, 0.1) is 46.6 Å². The molecule has 1 aliphatic carbocycles. The number of likely N-dealkylation sites (tertiary alicyclic amines) is 1. The molecule has 52 heavy (non-hydrogen) atoms. The summed E-state index contributed by atoms with van der Waals surface area (Å²) in [6.07, 6.45) is -2.97. The van der Waals surface area contributed by atoms with Gasteiger partial charge < -0.3 is 14.8 Å². The van der Waals surface area contributed by atoms with E-state index < -0.39 is 23.4 Å². The van der Waals surface area contributed by atoms with Crippen LogP contribution in [0.4, 0.5) is 20.3 Å². The van der Waals surface area contributed by atoms with Crippen LogP contribution in [0.5, 0.6) is 5.88 Å². The molecular formula is C37H34Cl2F2N6O5. The van der Waals surface area contributed by atoms with Crippen LogP contribution in [-0.2, 0) is 30.2 Å². The number of fused-ring (bicyclic) bond motifs is 2. The van der Waals surface area contributed by atoms with Crippen molar-refractivity contribution in [2.24, 2.45) is 31.8 Å². The van der Waals surface area contributed by atoms with Crippen molar-refractivity contribution in [1.29, 1.82) is 0 Å². The number of halogens is 4. The van der Waals surface area contributed by atoms with Crippen molar-refractivity contribution in [2.75, 3.05) is 32.1 Å². The van der Waals surface area contributed by atoms with Crippen LogP contribution >= 0.6 is 23.2 Å². The lowest BCUT2D eigenvalue weighted by Gasteiger charge is -2.20. The number of esters is 1. The normalized spacial score (nSPS) is 18.1. The third kappa shape index (κ3) is 6.20. The summed E-state index contributed by atoms with van der Waals surface area (Å²) in [5, 5.41) is 3.46. The highest BCUT2D eigenvalue weighted by atomic mass is 35.5. The number of nitrogens with one attached hydrogen (secondary N) is 1. The minimum atomic E-state index is -2.97. The number of carbonyl (C=O) groups excluding carboxylic acids is 1. The molecule has 3 atom stereocenters. The topological polar surface area (TPSA) is 121 Å². The number of ether oxygens (including phenoxy) is 2. The van der Waals surface area contributed by atoms with Crippen molar-refractivity contribution in [2.45, 2.75) is 19.9 Å². The lowest BCUT2D eigenvalue weighted by Crippen LogP contribution is -2.37. The number of hydrogen-bond donors (Lipinski definition) is 1. The van der Waals surface area contributed by atoms with Gasteiger partial charge in [0, 0.05) is 56.0 Å². The highest BCUT2D eigenvalue weighted by molar-refractivity contribution is 6.39. The fourth-order valence-electron chi connectivity index (χ4n) is 7.20. The average Bonchev–Trinajstić information content (AvgIpc) is 3.65. The number of alkyl halides is 2. The third-order valence-corrected chi connectivity index (χ3v) is 10.7. The molecule has 4 heterocycles. The molecule has 270 valence electrons. The number of piperidine rings is 1. The summed E-state index contributed by atoms with van der Waals surface area (Å²) >= 11 is 14.0. The quantitative estimate of drug-likeness (QED) is 0.158. The first-order chi connectivity index (χ1) is 24.9. The van der Waals surface area contributed by atoms with Crippen molar-refractivity contribution in [1.82, 2.24) is 24.0 Å². The number of aromatic nitrogens is 4. The maximum atomic E-state index is 13.9. The monoisotopic (exact) mass is 750 g/mol. The molecule has 1 unspecified atom stereocenters. The largest absolute Gasteiger partial charge is 0.481 e. The van der Waals surface area contributed by atoms with E-state index in [9.17, 15) is 23.2 Å². The molecule has 3 aromatic heterocycles. The zero-order valence-electron chi connectivity index (χ0n) is 28.6. The van der Waals surface area contributed by atoms with Gasteiger partial charge in [0.15, 0.2) is 0 Å². The molecule has 2 aliphatic rings. The zero-order valence-corrected chi connectivity index (χ0v) is 30.1. The summed E-state index contributed by atoms with van der Waals surface area (Å²) in [6, 6.07) is 15.4. The summed E-state index contributed by atoms with van der Waals surface area (Å²) in [5.41, 5.74) is 1.48. The summed E-state index contributed by atoms with van der Waals surface area (Å²) in [6.45, 7) is 4.45. The number of benzene rings is 2. The number of methoxy groups -OCH3 is 1. The molecule has 7 rings (SSSR count). The molecule has 11 nitrogen and oxygen atoms in total. The summed E-state index contributed by atoms with van der Waals surface area (Å²) in [5.74, 6) is 0.817. The molecule has 0 amide bonds. The van der Waals surface area contributed by atoms with E-state index in [1.54, 1.807) is 31.4 Å².